The first-order chi connectivity index (χ1) is 10.2. The zero-order valence-electron chi connectivity index (χ0n) is 11.7. The number of hydrogen-bond acceptors (Lipinski definition) is 6. The molecular weight excluding hydrogens is 272 g/mol. The minimum Gasteiger partial charge on any atom is -0.465 e. The van der Waals surface area contributed by atoms with Gasteiger partial charge in [0.05, 0.1) is 38.7 Å². The lowest BCUT2D eigenvalue weighted by Crippen LogP contribution is -2.21. The third-order valence-corrected chi connectivity index (χ3v) is 3.54. The second-order valence-electron chi connectivity index (χ2n) is 4.79. The predicted octanol–water partition coefficient (Wildman–Crippen LogP) is 0.577. The molecule has 21 heavy (non-hydrogen) atoms. The highest BCUT2D eigenvalue weighted by Crippen LogP contribution is 2.29. The van der Waals surface area contributed by atoms with Crippen molar-refractivity contribution in [1.29, 1.82) is 0 Å². The van der Waals surface area contributed by atoms with E-state index < -0.39 is 5.97 Å². The lowest BCUT2D eigenvalue weighted by atomic mass is 10.2. The van der Waals surface area contributed by atoms with E-state index in [1.807, 2.05) is 4.90 Å². The molecule has 3 rings (SSSR count). The highest BCUT2D eigenvalue weighted by Gasteiger charge is 2.27. The van der Waals surface area contributed by atoms with Crippen LogP contribution in [0.5, 0.6) is 0 Å². The smallest absolute Gasteiger partial charge is 0.341 e. The summed E-state index contributed by atoms with van der Waals surface area (Å²) in [5.41, 5.74) is 2.59. The van der Waals surface area contributed by atoms with Crippen LogP contribution in [-0.4, -0.2) is 39.6 Å². The fraction of sp³-hybridized carbons (Fsp3) is 0.357. The molecule has 0 amide bonds. The van der Waals surface area contributed by atoms with E-state index in [0.717, 1.165) is 11.3 Å². The average molecular weight is 288 g/mol. The maximum atomic E-state index is 11.8. The van der Waals surface area contributed by atoms with Gasteiger partial charge in [-0.05, 0) is 12.1 Å². The van der Waals surface area contributed by atoms with Crippen molar-refractivity contribution < 1.29 is 14.6 Å². The summed E-state index contributed by atoms with van der Waals surface area (Å²) in [4.78, 5) is 18.2. The number of hydrogen-bond donors (Lipinski definition) is 1. The Labute approximate surface area is 121 Å². The van der Waals surface area contributed by atoms with E-state index in [1.165, 1.54) is 7.11 Å². The number of ether oxygens (including phenoxy) is 1. The van der Waals surface area contributed by atoms with Crippen LogP contribution in [0, 0.1) is 0 Å². The van der Waals surface area contributed by atoms with E-state index >= 15 is 0 Å². The zero-order valence-corrected chi connectivity index (χ0v) is 11.7. The maximum absolute atomic E-state index is 11.8. The summed E-state index contributed by atoms with van der Waals surface area (Å²) >= 11 is 0. The molecule has 1 aliphatic heterocycles. The van der Waals surface area contributed by atoms with Gasteiger partial charge in [-0.2, -0.15) is 5.10 Å². The molecule has 0 radical (unpaired) electrons. The molecule has 7 nitrogen and oxygen atoms in total. The summed E-state index contributed by atoms with van der Waals surface area (Å²) in [6.45, 7) is 1.76. The Bertz CT molecular complexity index is 668. The van der Waals surface area contributed by atoms with Crippen molar-refractivity contribution >= 4 is 11.8 Å². The summed E-state index contributed by atoms with van der Waals surface area (Å²) < 4.78 is 6.59. The normalized spacial score (nSPS) is 13.3. The largest absolute Gasteiger partial charge is 0.465 e. The summed E-state index contributed by atoms with van der Waals surface area (Å²) in [5, 5.41) is 13.3. The van der Waals surface area contributed by atoms with Crippen molar-refractivity contribution in [1.82, 2.24) is 14.8 Å². The summed E-state index contributed by atoms with van der Waals surface area (Å²) in [7, 11) is 1.36. The average Bonchev–Trinajstić information content (AvgIpc) is 3.09. The van der Waals surface area contributed by atoms with E-state index in [0.29, 0.717) is 31.0 Å². The summed E-state index contributed by atoms with van der Waals surface area (Å²) in [6, 6.07) is 3.42. The molecule has 2 aromatic rings. The second-order valence-corrected chi connectivity index (χ2v) is 4.79. The molecule has 0 aromatic carbocycles. The quantitative estimate of drug-likeness (QED) is 0.829. The summed E-state index contributed by atoms with van der Waals surface area (Å²) in [5.74, 6) is 0.210. The number of nitrogens with zero attached hydrogens (tertiary/aromatic N) is 4. The Balaban J connectivity index is 1.89. The van der Waals surface area contributed by atoms with Crippen LogP contribution >= 0.6 is 0 Å². The van der Waals surface area contributed by atoms with E-state index in [4.69, 9.17) is 9.84 Å². The van der Waals surface area contributed by atoms with Gasteiger partial charge in [-0.1, -0.05) is 0 Å². The number of pyridine rings is 1. The molecule has 0 saturated carbocycles. The van der Waals surface area contributed by atoms with Gasteiger partial charge in [-0.3, -0.25) is 4.68 Å². The minimum absolute atomic E-state index is 0.0467. The minimum atomic E-state index is -0.397. The third kappa shape index (κ3) is 2.36. The first kappa shape index (κ1) is 13.6. The number of carbonyl (C=O) groups excluding carboxylic acids is 1. The molecule has 0 unspecified atom stereocenters. The van der Waals surface area contributed by atoms with Crippen LogP contribution in [0.4, 0.5) is 5.82 Å². The molecule has 3 heterocycles. The van der Waals surface area contributed by atoms with Crippen LogP contribution in [-0.2, 0) is 24.4 Å². The number of anilines is 1. The Hall–Kier alpha value is -2.41. The van der Waals surface area contributed by atoms with Gasteiger partial charge >= 0.3 is 5.97 Å². The standard InChI is InChI=1S/C14H16N4O3/c1-21-14(20)11-3-2-4-15-13(11)17-8-10-7-16-18(5-6-19)12(10)9-17/h2-4,7,19H,5-6,8-9H2,1H3. The Morgan fingerprint density at radius 3 is 3.10 bits per heavy atom. The van der Waals surface area contributed by atoms with Gasteiger partial charge < -0.3 is 14.7 Å². The second kappa shape index (κ2) is 5.53. The molecule has 0 aliphatic carbocycles. The molecule has 0 atom stereocenters. The predicted molar refractivity (Wildman–Crippen MR) is 74.8 cm³/mol. The molecule has 1 N–H and O–H groups in total. The van der Waals surface area contributed by atoms with Gasteiger partial charge in [-0.25, -0.2) is 9.78 Å². The number of rotatable bonds is 4. The van der Waals surface area contributed by atoms with E-state index in [9.17, 15) is 4.79 Å². The monoisotopic (exact) mass is 288 g/mol. The van der Waals surface area contributed by atoms with Gasteiger partial charge in [0, 0.05) is 18.3 Å². The van der Waals surface area contributed by atoms with Gasteiger partial charge in [0.15, 0.2) is 0 Å². The van der Waals surface area contributed by atoms with Crippen molar-refractivity contribution in [2.45, 2.75) is 19.6 Å². The fourth-order valence-electron chi connectivity index (χ4n) is 2.56. The van der Waals surface area contributed by atoms with Crippen LogP contribution in [0.25, 0.3) is 0 Å². The first-order valence-electron chi connectivity index (χ1n) is 6.67. The number of aromatic nitrogens is 3. The van der Waals surface area contributed by atoms with Gasteiger partial charge in [0.2, 0.25) is 0 Å². The van der Waals surface area contributed by atoms with Crippen molar-refractivity contribution in [3.05, 3.63) is 41.3 Å². The summed E-state index contributed by atoms with van der Waals surface area (Å²) in [6.07, 6.45) is 3.45. The van der Waals surface area contributed by atoms with E-state index in [1.54, 1.807) is 29.2 Å². The molecular formula is C14H16N4O3. The molecule has 7 heteroatoms. The topological polar surface area (TPSA) is 80.5 Å². The number of fused-ring (bicyclic) bond motifs is 1. The lowest BCUT2D eigenvalue weighted by molar-refractivity contribution is 0.0601. The van der Waals surface area contributed by atoms with Gasteiger partial charge in [-0.15, -0.1) is 0 Å². The molecule has 0 saturated heterocycles. The van der Waals surface area contributed by atoms with Crippen LogP contribution in [0.2, 0.25) is 0 Å². The van der Waals surface area contributed by atoms with E-state index in [-0.39, 0.29) is 6.61 Å². The van der Waals surface area contributed by atoms with Crippen LogP contribution in [0.15, 0.2) is 24.5 Å². The molecule has 0 spiro atoms. The Morgan fingerprint density at radius 1 is 1.48 bits per heavy atom. The Kier molecular flexibility index (Phi) is 3.57. The van der Waals surface area contributed by atoms with Crippen molar-refractivity contribution in [2.24, 2.45) is 0 Å². The fourth-order valence-corrected chi connectivity index (χ4v) is 2.56. The molecule has 0 fully saturated rings. The SMILES string of the molecule is COC(=O)c1cccnc1N1Cc2cnn(CCO)c2C1. The number of esters is 1. The lowest BCUT2D eigenvalue weighted by Gasteiger charge is -2.19. The van der Waals surface area contributed by atoms with Crippen molar-refractivity contribution in [3.8, 4) is 0 Å². The molecule has 110 valence electrons. The van der Waals surface area contributed by atoms with Crippen LogP contribution < -0.4 is 4.90 Å². The number of carbonyl (C=O) groups is 1. The van der Waals surface area contributed by atoms with Crippen LogP contribution in [0.1, 0.15) is 21.6 Å². The Morgan fingerprint density at radius 2 is 2.33 bits per heavy atom. The van der Waals surface area contributed by atoms with Gasteiger partial charge in [0.25, 0.3) is 0 Å². The van der Waals surface area contributed by atoms with Gasteiger partial charge in [0.1, 0.15) is 11.4 Å². The van der Waals surface area contributed by atoms with Crippen LogP contribution in [0.3, 0.4) is 0 Å². The molecule has 1 aliphatic rings. The molecule has 0 bridgehead atoms. The number of methoxy groups -OCH3 is 1. The highest BCUT2D eigenvalue weighted by atomic mass is 16.5. The maximum Gasteiger partial charge on any atom is 0.341 e. The third-order valence-electron chi connectivity index (χ3n) is 3.54. The molecule has 2 aromatic heterocycles. The number of aliphatic hydroxyl groups is 1. The first-order valence-corrected chi connectivity index (χ1v) is 6.67. The van der Waals surface area contributed by atoms with Crippen molar-refractivity contribution in [3.63, 3.8) is 0 Å². The van der Waals surface area contributed by atoms with Crippen molar-refractivity contribution in [2.75, 3.05) is 18.6 Å². The number of aliphatic hydroxyl groups excluding tert-OH is 1. The zero-order chi connectivity index (χ0) is 14.8. The highest BCUT2D eigenvalue weighted by molar-refractivity contribution is 5.94. The van der Waals surface area contributed by atoms with E-state index in [2.05, 4.69) is 10.1 Å².